The van der Waals surface area contributed by atoms with E-state index in [4.69, 9.17) is 0 Å². The minimum Gasteiger partial charge on any atom is -0.310 e. The summed E-state index contributed by atoms with van der Waals surface area (Å²) in [5.74, 6) is 0. The highest BCUT2D eigenvalue weighted by molar-refractivity contribution is 6.14. The molecule has 0 aliphatic heterocycles. The van der Waals surface area contributed by atoms with E-state index in [1.165, 1.54) is 94.0 Å². The maximum Gasteiger partial charge on any atom is 0.0546 e. The van der Waals surface area contributed by atoms with Crippen LogP contribution in [0.15, 0.2) is 243 Å². The van der Waals surface area contributed by atoms with Crippen LogP contribution in [-0.4, -0.2) is 0 Å². The first-order chi connectivity index (χ1) is 35.2. The Balaban J connectivity index is 0.827. The summed E-state index contributed by atoms with van der Waals surface area (Å²) < 4.78 is 0. The molecule has 11 aromatic rings. The van der Waals surface area contributed by atoms with Gasteiger partial charge in [0.25, 0.3) is 0 Å². The van der Waals surface area contributed by atoms with Gasteiger partial charge in [0.05, 0.1) is 5.69 Å². The topological polar surface area (TPSA) is 6.48 Å². The van der Waals surface area contributed by atoms with Crippen LogP contribution in [0.25, 0.3) is 67.1 Å². The highest BCUT2D eigenvalue weighted by atomic mass is 15.1. The Kier molecular flexibility index (Phi) is 10.2. The summed E-state index contributed by atoms with van der Waals surface area (Å²) in [7, 11) is 0. The zero-order valence-electron chi connectivity index (χ0n) is 41.1. The average Bonchev–Trinajstić information content (AvgIpc) is 3.79. The van der Waals surface area contributed by atoms with Crippen LogP contribution in [0.2, 0.25) is 0 Å². The minimum absolute atomic E-state index is 0.172. The van der Waals surface area contributed by atoms with E-state index in [1.807, 2.05) is 0 Å². The smallest absolute Gasteiger partial charge is 0.0546 e. The summed E-state index contributed by atoms with van der Waals surface area (Å²) in [6.07, 6.45) is 4.59. The summed E-state index contributed by atoms with van der Waals surface area (Å²) >= 11 is 0. The molecule has 0 saturated carbocycles. The lowest BCUT2D eigenvalue weighted by Gasteiger charge is -2.29. The number of nitrogens with zero attached hydrogens (tertiary/aromatic N) is 2. The Morgan fingerprint density at radius 2 is 0.681 bits per heavy atom. The van der Waals surface area contributed by atoms with Crippen molar-refractivity contribution in [3.8, 4) is 33.4 Å². The van der Waals surface area contributed by atoms with Crippen molar-refractivity contribution in [3.63, 3.8) is 0 Å². The summed E-state index contributed by atoms with van der Waals surface area (Å²) in [5, 5.41) is 4.97. The van der Waals surface area contributed by atoms with Gasteiger partial charge < -0.3 is 9.80 Å². The van der Waals surface area contributed by atoms with E-state index in [9.17, 15) is 0 Å². The van der Waals surface area contributed by atoms with Crippen LogP contribution in [0, 0.1) is 0 Å². The van der Waals surface area contributed by atoms with Gasteiger partial charge in [0, 0.05) is 44.7 Å². The lowest BCUT2D eigenvalue weighted by molar-refractivity contribution is 0.660. The predicted octanol–water partition coefficient (Wildman–Crippen LogP) is 19.4. The van der Waals surface area contributed by atoms with Crippen LogP contribution in [0.3, 0.4) is 0 Å². The molecule has 0 spiro atoms. The minimum atomic E-state index is -0.225. The molecule has 72 heavy (non-hydrogen) atoms. The Morgan fingerprint density at radius 1 is 0.292 bits per heavy atom. The van der Waals surface area contributed by atoms with Crippen molar-refractivity contribution >= 4 is 67.8 Å². The third-order valence-corrected chi connectivity index (χ3v) is 15.6. The van der Waals surface area contributed by atoms with Crippen molar-refractivity contribution < 1.29 is 0 Å². The van der Waals surface area contributed by atoms with Crippen molar-refractivity contribution in [3.05, 3.63) is 276 Å². The summed E-state index contributed by atoms with van der Waals surface area (Å²) in [5.41, 5.74) is 22.0. The van der Waals surface area contributed by atoms with Gasteiger partial charge >= 0.3 is 0 Å². The molecule has 0 amide bonds. The Hall–Kier alpha value is -8.72. The second-order valence-corrected chi connectivity index (χ2v) is 20.6. The van der Waals surface area contributed by atoms with Crippen molar-refractivity contribution in [2.45, 2.75) is 38.5 Å². The highest BCUT2D eigenvalue weighted by Gasteiger charge is 2.38. The monoisotopic (exact) mass is 922 g/mol. The number of fused-ring (bicyclic) bond motifs is 9. The number of benzene rings is 11. The van der Waals surface area contributed by atoms with Gasteiger partial charge in [-0.1, -0.05) is 216 Å². The third kappa shape index (κ3) is 7.17. The van der Waals surface area contributed by atoms with Crippen LogP contribution in [0.1, 0.15) is 61.1 Å². The molecule has 2 heteroatoms. The number of anilines is 6. The van der Waals surface area contributed by atoms with Gasteiger partial charge in [0.15, 0.2) is 0 Å². The third-order valence-electron chi connectivity index (χ3n) is 15.6. The van der Waals surface area contributed by atoms with E-state index in [0.717, 1.165) is 28.4 Å². The first-order valence-corrected chi connectivity index (χ1v) is 25.2. The quantitative estimate of drug-likeness (QED) is 0.105. The fourth-order valence-corrected chi connectivity index (χ4v) is 11.8. The van der Waals surface area contributed by atoms with Gasteiger partial charge in [0.2, 0.25) is 0 Å². The van der Waals surface area contributed by atoms with E-state index in [1.54, 1.807) is 0 Å². The van der Waals surface area contributed by atoms with Crippen LogP contribution in [0.4, 0.5) is 34.1 Å². The molecule has 344 valence electrons. The van der Waals surface area contributed by atoms with Gasteiger partial charge in [-0.15, -0.1) is 0 Å². The van der Waals surface area contributed by atoms with Crippen LogP contribution >= 0.6 is 0 Å². The zero-order valence-corrected chi connectivity index (χ0v) is 41.1. The molecule has 2 aliphatic rings. The molecule has 13 rings (SSSR count). The number of para-hydroxylation sites is 2. The van der Waals surface area contributed by atoms with Crippen LogP contribution in [0.5, 0.6) is 0 Å². The summed E-state index contributed by atoms with van der Waals surface area (Å²) in [6, 6.07) is 89.3. The molecule has 0 aromatic heterocycles. The van der Waals surface area contributed by atoms with Crippen molar-refractivity contribution in [1.82, 2.24) is 0 Å². The first kappa shape index (κ1) is 43.3. The van der Waals surface area contributed by atoms with E-state index in [0.29, 0.717) is 0 Å². The predicted molar refractivity (Wildman–Crippen MR) is 307 cm³/mol. The first-order valence-electron chi connectivity index (χ1n) is 25.2. The Labute approximate surface area is 423 Å². The number of hydrogen-bond acceptors (Lipinski definition) is 2. The van der Waals surface area contributed by atoms with Gasteiger partial charge in [-0.25, -0.2) is 0 Å². The molecule has 0 atom stereocenters. The maximum atomic E-state index is 2.47. The molecular weight excluding hydrogens is 869 g/mol. The summed E-state index contributed by atoms with van der Waals surface area (Å²) in [4.78, 5) is 4.83. The molecule has 11 aromatic carbocycles. The molecule has 0 saturated heterocycles. The maximum absolute atomic E-state index is 2.47. The number of hydrogen-bond donors (Lipinski definition) is 0. The summed E-state index contributed by atoms with van der Waals surface area (Å²) in [6.45, 7) is 9.54. The van der Waals surface area contributed by atoms with Crippen LogP contribution < -0.4 is 9.80 Å². The van der Waals surface area contributed by atoms with Crippen molar-refractivity contribution in [2.75, 3.05) is 9.80 Å². The molecule has 0 heterocycles. The molecule has 0 fully saturated rings. The Morgan fingerprint density at radius 3 is 1.22 bits per heavy atom. The average molecular weight is 923 g/mol. The van der Waals surface area contributed by atoms with Gasteiger partial charge in [-0.2, -0.15) is 0 Å². The van der Waals surface area contributed by atoms with Crippen LogP contribution in [-0.2, 0) is 10.8 Å². The molecule has 0 N–H and O–H groups in total. The van der Waals surface area contributed by atoms with E-state index >= 15 is 0 Å². The van der Waals surface area contributed by atoms with E-state index in [2.05, 4.69) is 292 Å². The van der Waals surface area contributed by atoms with E-state index < -0.39 is 0 Å². The normalized spacial score (nSPS) is 13.7. The largest absolute Gasteiger partial charge is 0.310 e. The lowest BCUT2D eigenvalue weighted by Crippen LogP contribution is -2.17. The van der Waals surface area contributed by atoms with Crippen molar-refractivity contribution in [2.24, 2.45) is 0 Å². The van der Waals surface area contributed by atoms with Gasteiger partial charge in [-0.05, 0) is 150 Å². The fraction of sp³-hybridized carbons (Fsp3) is 0.0857. The number of rotatable bonds is 9. The molecule has 2 aliphatic carbocycles. The molecular formula is C70H54N2. The lowest BCUT2D eigenvalue weighted by atomic mass is 9.81. The van der Waals surface area contributed by atoms with Gasteiger partial charge in [0.1, 0.15) is 0 Å². The van der Waals surface area contributed by atoms with E-state index in [-0.39, 0.29) is 10.8 Å². The molecule has 0 unspecified atom stereocenters. The molecule has 0 bridgehead atoms. The standard InChI is InChI=1S/C70H54N2/c1-69(2)64-42-47(30-38-59(64)61-40-36-55(45-66(61)69)71(52-21-10-6-11-22-52)53-23-12-7-13-24-53)28-29-48-31-39-60-62-41-37-56(46-67(62)70(3,4)65(60)43-48)72(54-34-32-50(33-35-54)49-18-8-5-9-19-49)68-44-51-20-14-15-25-57(51)58-26-16-17-27-63(58)68/h5-46H,1-4H3/b29-28+. The SMILES string of the molecule is CC1(C)c2cc(/C=C/c3ccc4c(c3)C(C)(C)c3cc(N(c5ccc(-c6ccccc6)cc5)c5cc6ccccc6c6ccccc56)ccc3-4)ccc2-c2ccc(N(c3ccccc3)c3ccccc3)cc21. The molecule has 0 radical (unpaired) electrons. The highest BCUT2D eigenvalue weighted by Crippen LogP contribution is 2.53. The van der Waals surface area contributed by atoms with Crippen molar-refractivity contribution in [1.29, 1.82) is 0 Å². The fourth-order valence-electron chi connectivity index (χ4n) is 11.8. The van der Waals surface area contributed by atoms with Gasteiger partial charge in [-0.3, -0.25) is 0 Å². The second-order valence-electron chi connectivity index (χ2n) is 20.6. The Bertz CT molecular complexity index is 3860. The second kappa shape index (κ2) is 17.0. The molecule has 2 nitrogen and oxygen atoms in total. The zero-order chi connectivity index (χ0) is 48.6.